The van der Waals surface area contributed by atoms with Crippen LogP contribution >= 0.6 is 0 Å². The Morgan fingerprint density at radius 3 is 2.33 bits per heavy atom. The van der Waals surface area contributed by atoms with Crippen LogP contribution in [0.25, 0.3) is 0 Å². The van der Waals surface area contributed by atoms with Gasteiger partial charge >= 0.3 is 0 Å². The molecule has 0 N–H and O–H groups in total. The van der Waals surface area contributed by atoms with Crippen molar-refractivity contribution in [1.82, 2.24) is 0 Å². The van der Waals surface area contributed by atoms with Gasteiger partial charge in [0.15, 0.2) is 5.41 Å². The predicted octanol–water partition coefficient (Wildman–Crippen LogP) is 2.80. The molecule has 1 saturated carbocycles. The van der Waals surface area contributed by atoms with Gasteiger partial charge in [0.1, 0.15) is 5.78 Å². The zero-order chi connectivity index (χ0) is 13.2. The molecule has 0 amide bonds. The molecule has 0 heterocycles. The van der Waals surface area contributed by atoms with Gasteiger partial charge in [0, 0.05) is 18.8 Å². The SMILES string of the molecule is C[C@H]1CC(=O)C[C@H](c2ccccc2)C1(C#N)C#N. The summed E-state index contributed by atoms with van der Waals surface area (Å²) in [5, 5.41) is 18.9. The van der Waals surface area contributed by atoms with E-state index in [2.05, 4.69) is 12.1 Å². The first-order chi connectivity index (χ1) is 8.64. The Morgan fingerprint density at radius 2 is 1.78 bits per heavy atom. The first-order valence-corrected chi connectivity index (χ1v) is 6.03. The molecule has 0 spiro atoms. The number of benzene rings is 1. The second-order valence-corrected chi connectivity index (χ2v) is 4.90. The summed E-state index contributed by atoms with van der Waals surface area (Å²) in [6.45, 7) is 1.82. The number of nitriles is 2. The largest absolute Gasteiger partial charge is 0.300 e. The number of nitrogens with zero attached hydrogens (tertiary/aromatic N) is 2. The highest BCUT2D eigenvalue weighted by Gasteiger charge is 2.49. The lowest BCUT2D eigenvalue weighted by Gasteiger charge is -2.38. The van der Waals surface area contributed by atoms with Crippen molar-refractivity contribution in [2.75, 3.05) is 0 Å². The normalized spacial score (nSPS) is 26.1. The number of carbonyl (C=O) groups excluding carboxylic acids is 1. The first kappa shape index (κ1) is 12.3. The minimum absolute atomic E-state index is 0.137. The Balaban J connectivity index is 2.51. The molecule has 1 aromatic carbocycles. The minimum atomic E-state index is -1.09. The summed E-state index contributed by atoms with van der Waals surface area (Å²) in [7, 11) is 0. The Bertz CT molecular complexity index is 522. The minimum Gasteiger partial charge on any atom is -0.300 e. The Hall–Kier alpha value is -2.13. The third kappa shape index (κ3) is 1.79. The molecule has 0 aliphatic heterocycles. The molecule has 1 aliphatic rings. The van der Waals surface area contributed by atoms with Crippen LogP contribution in [0.4, 0.5) is 0 Å². The van der Waals surface area contributed by atoms with Crippen molar-refractivity contribution in [3.63, 3.8) is 0 Å². The predicted molar refractivity (Wildman–Crippen MR) is 66.2 cm³/mol. The number of Topliss-reactive ketones (excluding diaryl/α,β-unsaturated/α-hetero) is 1. The van der Waals surface area contributed by atoms with Crippen LogP contribution in [0.5, 0.6) is 0 Å². The molecule has 3 nitrogen and oxygen atoms in total. The number of ketones is 1. The van der Waals surface area contributed by atoms with Gasteiger partial charge < -0.3 is 0 Å². The maximum Gasteiger partial charge on any atom is 0.153 e. The summed E-state index contributed by atoms with van der Waals surface area (Å²) in [6.07, 6.45) is 0.611. The van der Waals surface area contributed by atoms with Gasteiger partial charge in [-0.25, -0.2) is 0 Å². The van der Waals surface area contributed by atoms with Gasteiger partial charge in [-0.2, -0.15) is 10.5 Å². The van der Waals surface area contributed by atoms with Gasteiger partial charge in [-0.15, -0.1) is 0 Å². The quantitative estimate of drug-likeness (QED) is 0.755. The summed E-state index contributed by atoms with van der Waals surface area (Å²) >= 11 is 0. The maximum atomic E-state index is 11.8. The Morgan fingerprint density at radius 1 is 1.17 bits per heavy atom. The molecule has 2 rings (SSSR count). The van der Waals surface area contributed by atoms with Gasteiger partial charge in [-0.3, -0.25) is 4.79 Å². The molecule has 90 valence electrons. The zero-order valence-corrected chi connectivity index (χ0v) is 10.3. The fraction of sp³-hybridized carbons (Fsp3) is 0.400. The van der Waals surface area contributed by atoms with Crippen molar-refractivity contribution in [1.29, 1.82) is 10.5 Å². The van der Waals surface area contributed by atoms with E-state index in [1.807, 2.05) is 37.3 Å². The van der Waals surface area contributed by atoms with E-state index in [0.717, 1.165) is 5.56 Å². The van der Waals surface area contributed by atoms with Crippen LogP contribution in [0.3, 0.4) is 0 Å². The molecule has 0 unspecified atom stereocenters. The fourth-order valence-corrected chi connectivity index (χ4v) is 2.79. The van der Waals surface area contributed by atoms with E-state index in [4.69, 9.17) is 0 Å². The van der Waals surface area contributed by atoms with Crippen molar-refractivity contribution in [3.8, 4) is 12.1 Å². The molecular weight excluding hydrogens is 224 g/mol. The topological polar surface area (TPSA) is 64.7 Å². The van der Waals surface area contributed by atoms with E-state index in [9.17, 15) is 15.3 Å². The van der Waals surface area contributed by atoms with E-state index in [0.29, 0.717) is 6.42 Å². The third-order valence-corrected chi connectivity index (χ3v) is 3.86. The molecule has 1 aromatic rings. The van der Waals surface area contributed by atoms with Gasteiger partial charge in [-0.05, 0) is 11.5 Å². The molecule has 1 aliphatic carbocycles. The molecular formula is C15H14N2O. The van der Waals surface area contributed by atoms with Crippen LogP contribution in [-0.4, -0.2) is 5.78 Å². The highest BCUT2D eigenvalue weighted by Crippen LogP contribution is 2.48. The zero-order valence-electron chi connectivity index (χ0n) is 10.3. The number of hydrogen-bond acceptors (Lipinski definition) is 3. The van der Waals surface area contributed by atoms with Crippen molar-refractivity contribution in [2.45, 2.75) is 25.7 Å². The van der Waals surface area contributed by atoms with E-state index in [1.165, 1.54) is 0 Å². The lowest BCUT2D eigenvalue weighted by Crippen LogP contribution is -2.39. The lowest BCUT2D eigenvalue weighted by molar-refractivity contribution is -0.123. The highest BCUT2D eigenvalue weighted by atomic mass is 16.1. The second kappa shape index (κ2) is 4.63. The summed E-state index contributed by atoms with van der Waals surface area (Å²) in [5.74, 6) is -0.401. The van der Waals surface area contributed by atoms with Crippen LogP contribution in [0.2, 0.25) is 0 Å². The molecule has 3 heteroatoms. The van der Waals surface area contributed by atoms with Crippen LogP contribution < -0.4 is 0 Å². The summed E-state index contributed by atoms with van der Waals surface area (Å²) < 4.78 is 0. The molecule has 2 atom stereocenters. The van der Waals surface area contributed by atoms with Gasteiger partial charge in [0.2, 0.25) is 0 Å². The van der Waals surface area contributed by atoms with Crippen LogP contribution in [0, 0.1) is 34.0 Å². The summed E-state index contributed by atoms with van der Waals surface area (Å²) in [4.78, 5) is 11.8. The highest BCUT2D eigenvalue weighted by molar-refractivity contribution is 5.81. The van der Waals surface area contributed by atoms with Crippen LogP contribution in [-0.2, 0) is 4.79 Å². The van der Waals surface area contributed by atoms with E-state index < -0.39 is 5.41 Å². The van der Waals surface area contributed by atoms with Gasteiger partial charge in [0.05, 0.1) is 12.1 Å². The molecule has 1 fully saturated rings. The third-order valence-electron chi connectivity index (χ3n) is 3.86. The Kier molecular flexibility index (Phi) is 3.17. The summed E-state index contributed by atoms with van der Waals surface area (Å²) in [5.41, 5.74) is -0.185. The van der Waals surface area contributed by atoms with E-state index >= 15 is 0 Å². The van der Waals surface area contributed by atoms with E-state index in [-0.39, 0.29) is 24.0 Å². The monoisotopic (exact) mass is 238 g/mol. The number of hydrogen-bond donors (Lipinski definition) is 0. The van der Waals surface area contributed by atoms with Gasteiger partial charge in [-0.1, -0.05) is 37.3 Å². The van der Waals surface area contributed by atoms with Crippen molar-refractivity contribution in [2.24, 2.45) is 11.3 Å². The van der Waals surface area contributed by atoms with Crippen molar-refractivity contribution >= 4 is 5.78 Å². The van der Waals surface area contributed by atoms with Crippen LogP contribution in [0.15, 0.2) is 30.3 Å². The van der Waals surface area contributed by atoms with Crippen LogP contribution in [0.1, 0.15) is 31.2 Å². The molecule has 0 saturated heterocycles. The standard InChI is InChI=1S/C15H14N2O/c1-11-7-13(18)8-14(15(11,9-16)10-17)12-5-3-2-4-6-12/h2-6,11,14H,7-8H2,1H3/t11-,14+/m0/s1. The second-order valence-electron chi connectivity index (χ2n) is 4.90. The number of carbonyl (C=O) groups is 1. The summed E-state index contributed by atoms with van der Waals surface area (Å²) in [6, 6.07) is 13.8. The Labute approximate surface area is 107 Å². The smallest absolute Gasteiger partial charge is 0.153 e. The van der Waals surface area contributed by atoms with Crippen molar-refractivity contribution in [3.05, 3.63) is 35.9 Å². The number of rotatable bonds is 1. The molecule has 0 bridgehead atoms. The van der Waals surface area contributed by atoms with E-state index in [1.54, 1.807) is 0 Å². The van der Waals surface area contributed by atoms with Gasteiger partial charge in [0.25, 0.3) is 0 Å². The molecule has 18 heavy (non-hydrogen) atoms. The maximum absolute atomic E-state index is 11.8. The van der Waals surface area contributed by atoms with Crippen molar-refractivity contribution < 1.29 is 4.79 Å². The lowest BCUT2D eigenvalue weighted by atomic mass is 9.60. The fourth-order valence-electron chi connectivity index (χ4n) is 2.79. The average molecular weight is 238 g/mol. The first-order valence-electron chi connectivity index (χ1n) is 6.03. The average Bonchev–Trinajstić information content (AvgIpc) is 2.40. The molecule has 0 radical (unpaired) electrons. The molecule has 0 aromatic heterocycles.